The van der Waals surface area contributed by atoms with Gasteiger partial charge in [-0.15, -0.1) is 6.42 Å². The average Bonchev–Trinajstić information content (AvgIpc) is 2.77. The van der Waals surface area contributed by atoms with Crippen molar-refractivity contribution in [3.63, 3.8) is 0 Å². The average molecular weight is 245 g/mol. The molecule has 0 aliphatic heterocycles. The number of benzene rings is 1. The molecule has 73 valence electrons. The van der Waals surface area contributed by atoms with Gasteiger partial charge in [-0.25, -0.2) is 12.2 Å². The number of allylic oxidation sites excluding steroid dienone is 4. The number of rotatable bonds is 1. The summed E-state index contributed by atoms with van der Waals surface area (Å²) in [6.45, 7) is 0. The van der Waals surface area contributed by atoms with E-state index in [1.165, 1.54) is 0 Å². The number of hydrogen-bond acceptors (Lipinski definition) is 1. The van der Waals surface area contributed by atoms with Crippen molar-refractivity contribution in [1.82, 2.24) is 0 Å². The fourth-order valence-corrected chi connectivity index (χ4v) is 0.915. The Kier molecular flexibility index (Phi) is 8.55. The Balaban J connectivity index is 0.000000246. The van der Waals surface area contributed by atoms with Gasteiger partial charge in [0.05, 0.1) is 0 Å². The van der Waals surface area contributed by atoms with Crippen LogP contribution in [-0.4, -0.2) is 0 Å². The Bertz CT molecular complexity index is 273. The second-order valence-electron chi connectivity index (χ2n) is 2.39. The van der Waals surface area contributed by atoms with Crippen LogP contribution < -0.4 is 4.29 Å². The molecule has 0 saturated heterocycles. The molecule has 1 aliphatic carbocycles. The molecule has 0 unspecified atom stereocenters. The van der Waals surface area contributed by atoms with Crippen molar-refractivity contribution in [3.05, 3.63) is 54.6 Å². The molecule has 3 heteroatoms. The van der Waals surface area contributed by atoms with E-state index in [1.54, 1.807) is 12.1 Å². The van der Waals surface area contributed by atoms with E-state index in [0.717, 1.165) is 6.42 Å². The Morgan fingerprint density at radius 1 is 1.21 bits per heavy atom. The summed E-state index contributed by atoms with van der Waals surface area (Å²) >= 11 is 5.03. The summed E-state index contributed by atoms with van der Waals surface area (Å²) in [7, 11) is 0. The largest absolute Gasteiger partial charge is 0.386 e. The standard InChI is InChI=1S/C6H5ClO.C5H5.V/c7-8-6-4-2-1-3-5-6;1-2-4-5-3-1;/h1-5H;1-3H,4H2;/q;-1;. The molecule has 0 spiro atoms. The quantitative estimate of drug-likeness (QED) is 0.687. The zero-order chi connectivity index (χ0) is 9.36. The van der Waals surface area contributed by atoms with E-state index in [0.29, 0.717) is 5.75 Å². The van der Waals surface area contributed by atoms with Crippen LogP contribution in [-0.2, 0) is 18.6 Å². The van der Waals surface area contributed by atoms with Gasteiger partial charge in [0, 0.05) is 18.6 Å². The first-order chi connectivity index (χ1) is 6.43. The third-order valence-corrected chi connectivity index (χ3v) is 1.60. The first-order valence-electron chi connectivity index (χ1n) is 3.99. The predicted molar refractivity (Wildman–Crippen MR) is 54.5 cm³/mol. The Morgan fingerprint density at radius 2 is 1.93 bits per heavy atom. The fourth-order valence-electron chi connectivity index (χ4n) is 0.812. The normalized spacial score (nSPS) is 11.2. The van der Waals surface area contributed by atoms with Crippen molar-refractivity contribution in [2.45, 2.75) is 6.42 Å². The SMILES string of the molecule is ClOc1ccccc1.[C-]1=CC=CC1.[V]. The molecule has 1 nitrogen and oxygen atoms in total. The van der Waals surface area contributed by atoms with E-state index in [1.807, 2.05) is 30.4 Å². The first kappa shape index (κ1) is 13.4. The molecule has 2 rings (SSSR count). The Morgan fingerprint density at radius 3 is 2.21 bits per heavy atom. The van der Waals surface area contributed by atoms with E-state index in [9.17, 15) is 0 Å². The molecule has 14 heavy (non-hydrogen) atoms. The number of halogens is 1. The van der Waals surface area contributed by atoms with Gasteiger partial charge < -0.3 is 4.29 Å². The van der Waals surface area contributed by atoms with E-state index in [2.05, 4.69) is 16.4 Å². The van der Waals surface area contributed by atoms with E-state index in [-0.39, 0.29) is 18.6 Å². The molecule has 0 amide bonds. The van der Waals surface area contributed by atoms with Gasteiger partial charge in [0.2, 0.25) is 0 Å². The molecule has 1 radical (unpaired) electrons. The molecule has 0 N–H and O–H groups in total. The fraction of sp³-hybridized carbons (Fsp3) is 0.0909. The van der Waals surface area contributed by atoms with E-state index < -0.39 is 0 Å². The summed E-state index contributed by atoms with van der Waals surface area (Å²) in [6, 6.07) is 9.19. The topological polar surface area (TPSA) is 9.23 Å². The maximum absolute atomic E-state index is 5.03. The van der Waals surface area contributed by atoms with Crippen molar-refractivity contribution in [2.75, 3.05) is 0 Å². The predicted octanol–water partition coefficient (Wildman–Crippen LogP) is 3.52. The van der Waals surface area contributed by atoms with Gasteiger partial charge in [0.25, 0.3) is 0 Å². The van der Waals surface area contributed by atoms with Crippen LogP contribution in [0.4, 0.5) is 0 Å². The van der Waals surface area contributed by atoms with E-state index in [4.69, 9.17) is 11.9 Å². The van der Waals surface area contributed by atoms with Crippen LogP contribution in [0.2, 0.25) is 0 Å². The summed E-state index contributed by atoms with van der Waals surface area (Å²) in [5, 5.41) is 0. The summed E-state index contributed by atoms with van der Waals surface area (Å²) in [5.74, 6) is 0.675. The molecule has 0 heterocycles. The zero-order valence-electron chi connectivity index (χ0n) is 7.56. The van der Waals surface area contributed by atoms with E-state index >= 15 is 0 Å². The van der Waals surface area contributed by atoms with Gasteiger partial charge >= 0.3 is 0 Å². The molecular formula is C11H10ClOV-. The molecule has 1 aromatic carbocycles. The Labute approximate surface area is 101 Å². The van der Waals surface area contributed by atoms with Crippen molar-refractivity contribution in [1.29, 1.82) is 0 Å². The minimum atomic E-state index is 0. The maximum atomic E-state index is 5.03. The van der Waals surface area contributed by atoms with Crippen molar-refractivity contribution in [2.24, 2.45) is 0 Å². The van der Waals surface area contributed by atoms with Crippen molar-refractivity contribution < 1.29 is 22.8 Å². The monoisotopic (exact) mass is 244 g/mol. The molecule has 0 aromatic heterocycles. The van der Waals surface area contributed by atoms with Gasteiger partial charge in [-0.05, 0) is 12.1 Å². The van der Waals surface area contributed by atoms with Crippen molar-refractivity contribution >= 4 is 11.9 Å². The van der Waals surface area contributed by atoms with Crippen LogP contribution in [0.5, 0.6) is 5.75 Å². The summed E-state index contributed by atoms with van der Waals surface area (Å²) in [5.41, 5.74) is 0. The number of para-hydroxylation sites is 1. The third kappa shape index (κ3) is 5.92. The molecule has 0 bridgehead atoms. The van der Waals surface area contributed by atoms with Crippen LogP contribution in [0.25, 0.3) is 0 Å². The maximum Gasteiger partial charge on any atom is 0.146 e. The summed E-state index contributed by atoms with van der Waals surface area (Å²) in [4.78, 5) is 0. The Hall–Kier alpha value is -0.626. The molecule has 0 fully saturated rings. The molecule has 1 aromatic rings. The minimum Gasteiger partial charge on any atom is -0.386 e. The van der Waals surface area contributed by atoms with Gasteiger partial charge in [-0.2, -0.15) is 6.08 Å². The second kappa shape index (κ2) is 8.95. The molecule has 0 saturated carbocycles. The molecule has 0 atom stereocenters. The minimum absolute atomic E-state index is 0. The third-order valence-electron chi connectivity index (χ3n) is 1.42. The van der Waals surface area contributed by atoms with Crippen LogP contribution in [0.1, 0.15) is 6.42 Å². The van der Waals surface area contributed by atoms with Crippen LogP contribution in [0, 0.1) is 6.08 Å². The van der Waals surface area contributed by atoms with Gasteiger partial charge in [0.15, 0.2) is 0 Å². The molecule has 1 aliphatic rings. The summed E-state index contributed by atoms with van der Waals surface area (Å²) in [6.07, 6.45) is 10.0. The first-order valence-corrected chi connectivity index (χ1v) is 4.29. The van der Waals surface area contributed by atoms with Gasteiger partial charge in [-0.3, -0.25) is 6.08 Å². The van der Waals surface area contributed by atoms with Crippen LogP contribution in [0.3, 0.4) is 0 Å². The van der Waals surface area contributed by atoms with Crippen LogP contribution >= 0.6 is 11.9 Å². The second-order valence-corrected chi connectivity index (χ2v) is 2.55. The number of hydrogen-bond donors (Lipinski definition) is 0. The zero-order valence-corrected chi connectivity index (χ0v) is 9.71. The van der Waals surface area contributed by atoms with Crippen molar-refractivity contribution in [3.8, 4) is 5.75 Å². The molecular weight excluding hydrogens is 235 g/mol. The van der Waals surface area contributed by atoms with Gasteiger partial charge in [-0.1, -0.05) is 18.2 Å². The van der Waals surface area contributed by atoms with Crippen LogP contribution in [0.15, 0.2) is 48.6 Å². The smallest absolute Gasteiger partial charge is 0.146 e. The van der Waals surface area contributed by atoms with Gasteiger partial charge in [0.1, 0.15) is 17.6 Å². The summed E-state index contributed by atoms with van der Waals surface area (Å²) < 4.78 is 4.39.